The van der Waals surface area contributed by atoms with E-state index < -0.39 is 0 Å². The molecular formula is C20H23ClN2O3. The molecule has 0 bridgehead atoms. The lowest BCUT2D eigenvalue weighted by Gasteiger charge is -2.12. The molecule has 0 aliphatic carbocycles. The maximum Gasteiger partial charge on any atom is 0.338 e. The topological polar surface area (TPSA) is 67.4 Å². The summed E-state index contributed by atoms with van der Waals surface area (Å²) in [6.45, 7) is 6.45. The fourth-order valence-electron chi connectivity index (χ4n) is 2.53. The number of halogens is 1. The summed E-state index contributed by atoms with van der Waals surface area (Å²) in [6, 6.07) is 10.8. The Morgan fingerprint density at radius 3 is 2.42 bits per heavy atom. The molecule has 0 saturated heterocycles. The summed E-state index contributed by atoms with van der Waals surface area (Å²) < 4.78 is 4.94. The Labute approximate surface area is 158 Å². The van der Waals surface area contributed by atoms with Crippen LogP contribution in [0.3, 0.4) is 0 Å². The van der Waals surface area contributed by atoms with E-state index in [1.165, 1.54) is 0 Å². The van der Waals surface area contributed by atoms with Gasteiger partial charge in [-0.05, 0) is 62.2 Å². The van der Waals surface area contributed by atoms with Gasteiger partial charge in [0.15, 0.2) is 0 Å². The van der Waals surface area contributed by atoms with Crippen LogP contribution in [0.1, 0.15) is 34.8 Å². The second-order valence-corrected chi connectivity index (χ2v) is 6.37. The largest absolute Gasteiger partial charge is 0.462 e. The average molecular weight is 375 g/mol. The summed E-state index contributed by atoms with van der Waals surface area (Å²) in [5.41, 5.74) is 3.97. The third-order valence-electron chi connectivity index (χ3n) is 3.77. The maximum absolute atomic E-state index is 12.1. The van der Waals surface area contributed by atoms with Crippen molar-refractivity contribution in [2.75, 3.05) is 23.8 Å². The molecule has 2 rings (SSSR count). The van der Waals surface area contributed by atoms with Gasteiger partial charge in [0.1, 0.15) is 0 Å². The zero-order valence-electron chi connectivity index (χ0n) is 15.2. The number of carbonyl (C=O) groups excluding carboxylic acids is 2. The van der Waals surface area contributed by atoms with Crippen molar-refractivity contribution in [1.29, 1.82) is 0 Å². The molecule has 2 N–H and O–H groups in total. The first-order chi connectivity index (χ1) is 12.4. The van der Waals surface area contributed by atoms with E-state index in [9.17, 15) is 9.59 Å². The van der Waals surface area contributed by atoms with Crippen LogP contribution in [0.2, 0.25) is 5.02 Å². The number of benzene rings is 2. The lowest BCUT2D eigenvalue weighted by molar-refractivity contribution is -0.115. The van der Waals surface area contributed by atoms with Crippen LogP contribution in [0.4, 0.5) is 11.4 Å². The zero-order chi connectivity index (χ0) is 19.1. The van der Waals surface area contributed by atoms with Crippen LogP contribution in [-0.4, -0.2) is 25.0 Å². The molecule has 0 atom stereocenters. The van der Waals surface area contributed by atoms with E-state index in [0.717, 1.165) is 16.8 Å². The molecule has 0 heterocycles. The molecule has 0 aliphatic rings. The van der Waals surface area contributed by atoms with Crippen LogP contribution >= 0.6 is 11.6 Å². The molecule has 0 aromatic heterocycles. The third-order valence-corrected chi connectivity index (χ3v) is 4.07. The minimum absolute atomic E-state index is 0.116. The Morgan fingerprint density at radius 1 is 1.12 bits per heavy atom. The van der Waals surface area contributed by atoms with Crippen LogP contribution in [-0.2, 0) is 9.53 Å². The number of amides is 1. The van der Waals surface area contributed by atoms with Crippen molar-refractivity contribution in [3.05, 3.63) is 58.1 Å². The summed E-state index contributed by atoms with van der Waals surface area (Å²) in [7, 11) is 0. The van der Waals surface area contributed by atoms with Gasteiger partial charge in [-0.15, -0.1) is 0 Å². The molecule has 138 valence electrons. The molecule has 0 spiro atoms. The Kier molecular flexibility index (Phi) is 7.04. The van der Waals surface area contributed by atoms with E-state index in [-0.39, 0.29) is 11.9 Å². The van der Waals surface area contributed by atoms with Crippen molar-refractivity contribution in [2.45, 2.75) is 27.2 Å². The highest BCUT2D eigenvalue weighted by molar-refractivity contribution is 6.34. The number of hydrogen-bond donors (Lipinski definition) is 2. The van der Waals surface area contributed by atoms with Gasteiger partial charge >= 0.3 is 5.97 Å². The number of esters is 1. The Bertz CT molecular complexity index is 765. The van der Waals surface area contributed by atoms with Crippen molar-refractivity contribution >= 4 is 34.9 Å². The number of rotatable bonds is 7. The van der Waals surface area contributed by atoms with Gasteiger partial charge in [-0.25, -0.2) is 4.79 Å². The third kappa shape index (κ3) is 5.49. The molecule has 5 nitrogen and oxygen atoms in total. The van der Waals surface area contributed by atoms with Crippen molar-refractivity contribution in [3.63, 3.8) is 0 Å². The first-order valence-electron chi connectivity index (χ1n) is 8.48. The predicted molar refractivity (Wildman–Crippen MR) is 105 cm³/mol. The first-order valence-corrected chi connectivity index (χ1v) is 8.86. The van der Waals surface area contributed by atoms with Crippen LogP contribution in [0, 0.1) is 13.8 Å². The molecule has 2 aromatic rings. The molecule has 0 fully saturated rings. The molecule has 26 heavy (non-hydrogen) atoms. The number of aryl methyl sites for hydroxylation is 2. The normalized spacial score (nSPS) is 10.3. The summed E-state index contributed by atoms with van der Waals surface area (Å²) in [5, 5.41) is 6.55. The van der Waals surface area contributed by atoms with Crippen LogP contribution in [0.15, 0.2) is 36.4 Å². The number of anilines is 2. The van der Waals surface area contributed by atoms with E-state index in [1.807, 2.05) is 26.0 Å². The standard InChI is InChI=1S/C20H23ClN2O3/c1-4-26-20(25)15-5-7-16(8-6-15)22-10-9-18(24)23-19-14(3)11-13(2)12-17(19)21/h5-8,11-12,22H,4,9-10H2,1-3H3,(H,23,24). The average Bonchev–Trinajstić information content (AvgIpc) is 2.59. The van der Waals surface area contributed by atoms with Gasteiger partial charge < -0.3 is 15.4 Å². The zero-order valence-corrected chi connectivity index (χ0v) is 15.9. The number of hydrogen-bond acceptors (Lipinski definition) is 4. The van der Waals surface area contributed by atoms with Gasteiger partial charge in [0.05, 0.1) is 22.9 Å². The molecule has 0 radical (unpaired) electrons. The van der Waals surface area contributed by atoms with Crippen molar-refractivity contribution in [1.82, 2.24) is 0 Å². The number of nitrogens with one attached hydrogen (secondary N) is 2. The van der Waals surface area contributed by atoms with Crippen LogP contribution in [0.25, 0.3) is 0 Å². The predicted octanol–water partition coefficient (Wildman–Crippen LogP) is 4.57. The van der Waals surface area contributed by atoms with Crippen molar-refractivity contribution in [3.8, 4) is 0 Å². The van der Waals surface area contributed by atoms with E-state index >= 15 is 0 Å². The first kappa shape index (κ1) is 19.8. The lowest BCUT2D eigenvalue weighted by Crippen LogP contribution is -2.17. The van der Waals surface area contributed by atoms with Crippen molar-refractivity contribution < 1.29 is 14.3 Å². The van der Waals surface area contributed by atoms with Gasteiger partial charge in [0.25, 0.3) is 0 Å². The van der Waals surface area contributed by atoms with Crippen LogP contribution in [0.5, 0.6) is 0 Å². The smallest absolute Gasteiger partial charge is 0.338 e. The monoisotopic (exact) mass is 374 g/mol. The fraction of sp³-hybridized carbons (Fsp3) is 0.300. The van der Waals surface area contributed by atoms with E-state index in [4.69, 9.17) is 16.3 Å². The highest BCUT2D eigenvalue weighted by atomic mass is 35.5. The molecule has 0 saturated carbocycles. The summed E-state index contributed by atoms with van der Waals surface area (Å²) >= 11 is 6.20. The maximum atomic E-state index is 12.1. The van der Waals surface area contributed by atoms with Gasteiger partial charge in [0.2, 0.25) is 5.91 Å². The second kappa shape index (κ2) is 9.25. The van der Waals surface area contributed by atoms with Crippen molar-refractivity contribution in [2.24, 2.45) is 0 Å². The van der Waals surface area contributed by atoms with Gasteiger partial charge in [-0.2, -0.15) is 0 Å². The highest BCUT2D eigenvalue weighted by Gasteiger charge is 2.10. The van der Waals surface area contributed by atoms with Gasteiger partial charge in [-0.3, -0.25) is 4.79 Å². The summed E-state index contributed by atoms with van der Waals surface area (Å²) in [6.07, 6.45) is 0.295. The number of ether oxygens (including phenoxy) is 1. The minimum Gasteiger partial charge on any atom is -0.462 e. The molecule has 6 heteroatoms. The fourth-order valence-corrected chi connectivity index (χ4v) is 2.90. The molecule has 0 unspecified atom stereocenters. The Balaban J connectivity index is 1.84. The molecule has 0 aliphatic heterocycles. The van der Waals surface area contributed by atoms with Gasteiger partial charge in [0, 0.05) is 18.7 Å². The number of carbonyl (C=O) groups is 2. The molecule has 1 amide bonds. The van der Waals surface area contributed by atoms with Crippen LogP contribution < -0.4 is 10.6 Å². The lowest BCUT2D eigenvalue weighted by atomic mass is 10.1. The SMILES string of the molecule is CCOC(=O)c1ccc(NCCC(=O)Nc2c(C)cc(C)cc2Cl)cc1. The quantitative estimate of drug-likeness (QED) is 0.696. The van der Waals surface area contributed by atoms with E-state index in [0.29, 0.717) is 35.8 Å². The molecule has 2 aromatic carbocycles. The van der Waals surface area contributed by atoms with E-state index in [2.05, 4.69) is 10.6 Å². The summed E-state index contributed by atoms with van der Waals surface area (Å²) in [4.78, 5) is 23.7. The Hall–Kier alpha value is -2.53. The van der Waals surface area contributed by atoms with E-state index in [1.54, 1.807) is 31.2 Å². The minimum atomic E-state index is -0.344. The molecular weight excluding hydrogens is 352 g/mol. The second-order valence-electron chi connectivity index (χ2n) is 5.96. The Morgan fingerprint density at radius 2 is 1.81 bits per heavy atom. The van der Waals surface area contributed by atoms with Gasteiger partial charge in [-0.1, -0.05) is 17.7 Å². The summed E-state index contributed by atoms with van der Waals surface area (Å²) in [5.74, 6) is -0.460. The highest BCUT2D eigenvalue weighted by Crippen LogP contribution is 2.27.